The van der Waals surface area contributed by atoms with Crippen LogP contribution in [-0.2, 0) is 0 Å². The van der Waals surface area contributed by atoms with Gasteiger partial charge in [-0.25, -0.2) is 0 Å². The smallest absolute Gasteiger partial charge is 0.175 e. The monoisotopic (exact) mass is 291 g/mol. The molecule has 116 valence electrons. The van der Waals surface area contributed by atoms with Crippen molar-refractivity contribution < 1.29 is 9.94 Å². The van der Waals surface area contributed by atoms with Crippen molar-refractivity contribution in [1.82, 2.24) is 4.98 Å². The Morgan fingerprint density at radius 3 is 2.48 bits per heavy atom. The van der Waals surface area contributed by atoms with Gasteiger partial charge in [0.1, 0.15) is 5.75 Å². The lowest BCUT2D eigenvalue weighted by Gasteiger charge is -2.32. The number of nitrogens with zero attached hydrogens (tertiary/aromatic N) is 2. The number of hydrogen-bond acceptors (Lipinski definition) is 4. The Balaban J connectivity index is 2.30. The van der Waals surface area contributed by atoms with Crippen LogP contribution in [-0.4, -0.2) is 22.1 Å². The second-order valence-electron chi connectivity index (χ2n) is 6.36. The summed E-state index contributed by atoms with van der Waals surface area (Å²) in [5, 5.41) is 12.1. The molecule has 1 aliphatic rings. The molecule has 1 aromatic heterocycles. The van der Waals surface area contributed by atoms with Gasteiger partial charge < -0.3 is 15.7 Å². The molecule has 0 bridgehead atoms. The van der Waals surface area contributed by atoms with Gasteiger partial charge in [0.05, 0.1) is 17.4 Å². The van der Waals surface area contributed by atoms with E-state index in [2.05, 4.69) is 24.0 Å². The van der Waals surface area contributed by atoms with Crippen molar-refractivity contribution >= 4 is 5.84 Å². The normalized spacial score (nSPS) is 26.7. The Bertz CT molecular complexity index is 533. The summed E-state index contributed by atoms with van der Waals surface area (Å²) in [5.41, 5.74) is 7.97. The van der Waals surface area contributed by atoms with E-state index in [1.807, 2.05) is 19.9 Å². The predicted octanol–water partition coefficient (Wildman–Crippen LogP) is 3.00. The number of ether oxygens (including phenoxy) is 1. The highest BCUT2D eigenvalue weighted by Gasteiger charge is 2.26. The van der Waals surface area contributed by atoms with Crippen LogP contribution in [0.1, 0.15) is 50.1 Å². The van der Waals surface area contributed by atoms with Crippen LogP contribution in [0.25, 0.3) is 0 Å². The van der Waals surface area contributed by atoms with Gasteiger partial charge in [0.2, 0.25) is 0 Å². The summed E-state index contributed by atoms with van der Waals surface area (Å²) in [5.74, 6) is 2.04. The maximum Gasteiger partial charge on any atom is 0.175 e. The molecular formula is C16H25N3O2. The molecule has 0 spiro atoms. The fourth-order valence-corrected chi connectivity index (χ4v) is 3.40. The van der Waals surface area contributed by atoms with Crippen LogP contribution in [0, 0.1) is 25.7 Å². The van der Waals surface area contributed by atoms with Gasteiger partial charge in [-0.3, -0.25) is 4.98 Å². The predicted molar refractivity (Wildman–Crippen MR) is 82.8 cm³/mol. The largest absolute Gasteiger partial charge is 0.490 e. The first-order valence-corrected chi connectivity index (χ1v) is 7.53. The molecule has 21 heavy (non-hydrogen) atoms. The molecule has 1 aromatic rings. The topological polar surface area (TPSA) is 80.7 Å². The van der Waals surface area contributed by atoms with Gasteiger partial charge in [0, 0.05) is 11.8 Å². The van der Waals surface area contributed by atoms with E-state index in [9.17, 15) is 0 Å². The molecule has 1 aliphatic carbocycles. The molecule has 0 amide bonds. The Morgan fingerprint density at radius 2 is 1.90 bits per heavy atom. The SMILES string of the molecule is Cc1cc(OC2CC(C)CC(C)C2)c(/C(N)=N/O)c(C)n1. The van der Waals surface area contributed by atoms with E-state index in [4.69, 9.17) is 15.7 Å². The molecule has 0 saturated heterocycles. The van der Waals surface area contributed by atoms with Crippen molar-refractivity contribution in [2.45, 2.75) is 53.1 Å². The average Bonchev–Trinajstić information content (AvgIpc) is 2.36. The maximum absolute atomic E-state index is 8.98. The summed E-state index contributed by atoms with van der Waals surface area (Å²) >= 11 is 0. The third kappa shape index (κ3) is 3.65. The minimum absolute atomic E-state index is 0.0481. The van der Waals surface area contributed by atoms with Crippen LogP contribution < -0.4 is 10.5 Å². The second-order valence-corrected chi connectivity index (χ2v) is 6.36. The summed E-state index contributed by atoms with van der Waals surface area (Å²) in [6, 6.07) is 1.87. The minimum Gasteiger partial charge on any atom is -0.490 e. The van der Waals surface area contributed by atoms with Gasteiger partial charge in [-0.05, 0) is 44.9 Å². The first-order chi connectivity index (χ1) is 9.90. The molecular weight excluding hydrogens is 266 g/mol. The molecule has 5 nitrogen and oxygen atoms in total. The average molecular weight is 291 g/mol. The number of nitrogens with two attached hydrogens (primary N) is 1. The summed E-state index contributed by atoms with van der Waals surface area (Å²) < 4.78 is 6.20. The standard InChI is InChI=1S/C16H25N3O2/c1-9-5-10(2)7-13(6-9)21-14-8-11(3)18-12(4)15(14)16(17)19-20/h8-10,13,20H,5-7H2,1-4H3,(H2,17,19). The Hall–Kier alpha value is -1.78. The fraction of sp³-hybridized carbons (Fsp3) is 0.625. The quantitative estimate of drug-likeness (QED) is 0.388. The highest BCUT2D eigenvalue weighted by molar-refractivity contribution is 6.00. The molecule has 2 unspecified atom stereocenters. The lowest BCUT2D eigenvalue weighted by atomic mass is 9.82. The van der Waals surface area contributed by atoms with E-state index < -0.39 is 0 Å². The van der Waals surface area contributed by atoms with E-state index in [-0.39, 0.29) is 11.9 Å². The zero-order chi connectivity index (χ0) is 15.6. The highest BCUT2D eigenvalue weighted by Crippen LogP contribution is 2.33. The molecule has 3 N–H and O–H groups in total. The number of oxime groups is 1. The third-order valence-electron chi connectivity index (χ3n) is 4.09. The zero-order valence-electron chi connectivity index (χ0n) is 13.3. The first-order valence-electron chi connectivity index (χ1n) is 7.53. The number of aryl methyl sites for hydroxylation is 2. The van der Waals surface area contributed by atoms with Gasteiger partial charge in [0.15, 0.2) is 5.84 Å². The number of rotatable bonds is 3. The number of amidine groups is 1. The molecule has 0 aromatic carbocycles. The van der Waals surface area contributed by atoms with Crippen LogP contribution in [0.5, 0.6) is 5.75 Å². The van der Waals surface area contributed by atoms with Crippen LogP contribution in [0.2, 0.25) is 0 Å². The van der Waals surface area contributed by atoms with E-state index in [1.54, 1.807) is 0 Å². The van der Waals surface area contributed by atoms with Crippen molar-refractivity contribution in [1.29, 1.82) is 0 Å². The Kier molecular flexibility index (Phi) is 4.70. The number of pyridine rings is 1. The summed E-state index contributed by atoms with van der Waals surface area (Å²) in [6.07, 6.45) is 3.51. The van der Waals surface area contributed by atoms with Crippen molar-refractivity contribution in [3.8, 4) is 5.75 Å². The van der Waals surface area contributed by atoms with Gasteiger partial charge in [-0.2, -0.15) is 0 Å². The van der Waals surface area contributed by atoms with Crippen molar-refractivity contribution in [3.63, 3.8) is 0 Å². The molecule has 1 heterocycles. The minimum atomic E-state index is 0.0481. The van der Waals surface area contributed by atoms with Crippen molar-refractivity contribution in [2.75, 3.05) is 0 Å². The van der Waals surface area contributed by atoms with Gasteiger partial charge in [-0.15, -0.1) is 0 Å². The van der Waals surface area contributed by atoms with E-state index in [0.29, 0.717) is 23.1 Å². The molecule has 0 aliphatic heterocycles. The van der Waals surface area contributed by atoms with E-state index in [0.717, 1.165) is 24.2 Å². The summed E-state index contributed by atoms with van der Waals surface area (Å²) in [6.45, 7) is 8.29. The number of hydrogen-bond donors (Lipinski definition) is 2. The molecule has 2 atom stereocenters. The summed E-state index contributed by atoms with van der Waals surface area (Å²) in [7, 11) is 0. The van der Waals surface area contributed by atoms with Gasteiger partial charge in [-0.1, -0.05) is 19.0 Å². The van der Waals surface area contributed by atoms with Crippen LogP contribution >= 0.6 is 0 Å². The number of aromatic nitrogens is 1. The Morgan fingerprint density at radius 1 is 1.29 bits per heavy atom. The lowest BCUT2D eigenvalue weighted by molar-refractivity contribution is 0.101. The highest BCUT2D eigenvalue weighted by atomic mass is 16.5. The lowest BCUT2D eigenvalue weighted by Crippen LogP contribution is -2.29. The maximum atomic E-state index is 8.98. The Labute approximate surface area is 126 Å². The first kappa shape index (κ1) is 15.6. The van der Waals surface area contributed by atoms with E-state index >= 15 is 0 Å². The van der Waals surface area contributed by atoms with Crippen LogP contribution in [0.4, 0.5) is 0 Å². The fourth-order valence-electron chi connectivity index (χ4n) is 3.40. The van der Waals surface area contributed by atoms with Crippen molar-refractivity contribution in [3.05, 3.63) is 23.0 Å². The van der Waals surface area contributed by atoms with Crippen LogP contribution in [0.3, 0.4) is 0 Å². The van der Waals surface area contributed by atoms with Crippen LogP contribution in [0.15, 0.2) is 11.2 Å². The van der Waals surface area contributed by atoms with Gasteiger partial charge in [0.25, 0.3) is 0 Å². The molecule has 2 rings (SSSR count). The second kappa shape index (κ2) is 6.33. The van der Waals surface area contributed by atoms with E-state index in [1.165, 1.54) is 6.42 Å². The molecule has 1 fully saturated rings. The molecule has 5 heteroatoms. The van der Waals surface area contributed by atoms with Gasteiger partial charge >= 0.3 is 0 Å². The molecule has 0 radical (unpaired) electrons. The summed E-state index contributed by atoms with van der Waals surface area (Å²) in [4.78, 5) is 4.37. The third-order valence-corrected chi connectivity index (χ3v) is 4.09. The zero-order valence-corrected chi connectivity index (χ0v) is 13.3. The van der Waals surface area contributed by atoms with Crippen molar-refractivity contribution in [2.24, 2.45) is 22.7 Å². The molecule has 1 saturated carbocycles.